The van der Waals surface area contributed by atoms with Crippen LogP contribution in [0.25, 0.3) is 22.4 Å². The van der Waals surface area contributed by atoms with Crippen LogP contribution in [0.2, 0.25) is 10.0 Å². The molecule has 0 aliphatic rings. The molecule has 3 nitrogen and oxygen atoms in total. The molecule has 3 aromatic rings. The maximum Gasteiger partial charge on any atom is 0.230 e. The number of anilines is 1. The molecule has 0 aliphatic carbocycles. The highest BCUT2D eigenvalue weighted by molar-refractivity contribution is 14.1. The van der Waals surface area contributed by atoms with Gasteiger partial charge in [0, 0.05) is 19.2 Å². The average molecular weight is 431 g/mol. The fourth-order valence-electron chi connectivity index (χ4n) is 2.06. The summed E-state index contributed by atoms with van der Waals surface area (Å²) in [6.07, 6.45) is 0. The molecule has 0 atom stereocenters. The van der Waals surface area contributed by atoms with Crippen molar-refractivity contribution in [3.05, 3.63) is 56.1 Å². The van der Waals surface area contributed by atoms with E-state index in [1.807, 2.05) is 30.3 Å². The van der Waals surface area contributed by atoms with E-state index in [1.165, 1.54) is 0 Å². The minimum absolute atomic E-state index is 0.267. The molecule has 0 spiro atoms. The number of nitrogen functional groups attached to an aromatic ring is 1. The van der Waals surface area contributed by atoms with E-state index >= 15 is 0 Å². The molecule has 21 heavy (non-hydrogen) atoms. The number of benzene rings is 2. The van der Waals surface area contributed by atoms with Gasteiger partial charge in [0.2, 0.25) is 5.88 Å². The molecule has 2 N–H and O–H groups in total. The molecule has 0 aliphatic heterocycles. The zero-order valence-corrected chi connectivity index (χ0v) is 14.3. The molecule has 2 aromatic carbocycles. The second kappa shape index (κ2) is 5.87. The number of halogens is 3. The predicted octanol–water partition coefficient (Wildman–Crippen LogP) is 5.50. The zero-order chi connectivity index (χ0) is 15.0. The summed E-state index contributed by atoms with van der Waals surface area (Å²) in [6.45, 7) is 0. The topological polar surface area (TPSA) is 52.0 Å². The Hall–Kier alpha value is -1.24. The molecule has 3 rings (SSSR count). The second-order valence-corrected chi connectivity index (χ2v) is 6.44. The molecule has 0 saturated heterocycles. The fourth-order valence-corrected chi connectivity index (χ4v) is 2.95. The van der Waals surface area contributed by atoms with Gasteiger partial charge in [0.1, 0.15) is 5.69 Å². The number of hydrogen-bond donors (Lipinski definition) is 1. The third-order valence-electron chi connectivity index (χ3n) is 3.03. The summed E-state index contributed by atoms with van der Waals surface area (Å²) in [7, 11) is 0. The van der Waals surface area contributed by atoms with Crippen LogP contribution >= 0.6 is 45.8 Å². The number of rotatable bonds is 2. The third-order valence-corrected chi connectivity index (χ3v) is 4.46. The minimum Gasteiger partial charge on any atom is -0.367 e. The molecule has 106 valence electrons. The fraction of sp³-hybridized carbons (Fsp3) is 0. The largest absolute Gasteiger partial charge is 0.367 e. The van der Waals surface area contributed by atoms with E-state index in [4.69, 9.17) is 33.5 Å². The van der Waals surface area contributed by atoms with Crippen LogP contribution in [0.15, 0.2) is 47.0 Å². The number of nitrogens with zero attached hydrogens (tertiary/aromatic N) is 1. The summed E-state index contributed by atoms with van der Waals surface area (Å²) in [4.78, 5) is 0. The van der Waals surface area contributed by atoms with Crippen LogP contribution in [0, 0.1) is 3.57 Å². The van der Waals surface area contributed by atoms with E-state index < -0.39 is 0 Å². The highest BCUT2D eigenvalue weighted by atomic mass is 127. The predicted molar refractivity (Wildman–Crippen MR) is 94.5 cm³/mol. The van der Waals surface area contributed by atoms with Crippen molar-refractivity contribution in [2.75, 3.05) is 5.73 Å². The number of aromatic nitrogens is 1. The van der Waals surface area contributed by atoms with Crippen molar-refractivity contribution in [1.82, 2.24) is 5.16 Å². The van der Waals surface area contributed by atoms with Gasteiger partial charge < -0.3 is 10.3 Å². The van der Waals surface area contributed by atoms with Crippen molar-refractivity contribution in [3.63, 3.8) is 0 Å². The standard InChI is InChI=1S/C15H9Cl2IN2O/c16-9-3-1-8(2-4-9)13-14(20-21-15(13)19)11-7-10(17)5-6-12(11)18/h1-7H,19H2. The smallest absolute Gasteiger partial charge is 0.230 e. The van der Waals surface area contributed by atoms with Crippen LogP contribution in [0.5, 0.6) is 0 Å². The van der Waals surface area contributed by atoms with Gasteiger partial charge in [0.15, 0.2) is 0 Å². The molecular formula is C15H9Cl2IN2O. The molecule has 1 aromatic heterocycles. The zero-order valence-electron chi connectivity index (χ0n) is 10.6. The first-order chi connectivity index (χ1) is 10.1. The normalized spacial score (nSPS) is 10.8. The first kappa shape index (κ1) is 14.7. The minimum atomic E-state index is 0.267. The van der Waals surface area contributed by atoms with Crippen molar-refractivity contribution >= 4 is 51.7 Å². The van der Waals surface area contributed by atoms with Gasteiger partial charge >= 0.3 is 0 Å². The molecule has 6 heteroatoms. The Morgan fingerprint density at radius 2 is 1.67 bits per heavy atom. The molecule has 0 unspecified atom stereocenters. The van der Waals surface area contributed by atoms with Crippen LogP contribution in [0.3, 0.4) is 0 Å². The summed E-state index contributed by atoms with van der Waals surface area (Å²) in [6, 6.07) is 13.0. The maximum atomic E-state index is 6.08. The molecule has 0 fully saturated rings. The Morgan fingerprint density at radius 3 is 2.38 bits per heavy atom. The molecule has 0 amide bonds. The summed E-state index contributed by atoms with van der Waals surface area (Å²) in [5.41, 5.74) is 9.13. The Balaban J connectivity index is 2.21. The highest BCUT2D eigenvalue weighted by Gasteiger charge is 2.19. The molecule has 0 saturated carbocycles. The van der Waals surface area contributed by atoms with E-state index in [9.17, 15) is 0 Å². The van der Waals surface area contributed by atoms with Crippen molar-refractivity contribution in [1.29, 1.82) is 0 Å². The number of hydrogen-bond acceptors (Lipinski definition) is 3. The first-order valence-corrected chi connectivity index (χ1v) is 7.86. The van der Waals surface area contributed by atoms with Gasteiger partial charge in [-0.1, -0.05) is 40.5 Å². The number of nitrogens with two attached hydrogens (primary N) is 1. The second-order valence-electron chi connectivity index (χ2n) is 4.40. The van der Waals surface area contributed by atoms with Gasteiger partial charge in [0.05, 0.1) is 5.56 Å². The van der Waals surface area contributed by atoms with Gasteiger partial charge in [-0.15, -0.1) is 0 Å². The summed E-state index contributed by atoms with van der Waals surface area (Å²) in [5, 5.41) is 5.38. The Morgan fingerprint density at radius 1 is 1.00 bits per heavy atom. The lowest BCUT2D eigenvalue weighted by Gasteiger charge is -2.05. The molecular weight excluding hydrogens is 422 g/mol. The van der Waals surface area contributed by atoms with Gasteiger partial charge in [-0.25, -0.2) is 0 Å². The van der Waals surface area contributed by atoms with E-state index in [1.54, 1.807) is 12.1 Å². The lowest BCUT2D eigenvalue weighted by molar-refractivity contribution is 0.439. The monoisotopic (exact) mass is 430 g/mol. The quantitative estimate of drug-likeness (QED) is 0.546. The summed E-state index contributed by atoms with van der Waals surface area (Å²) in [5.74, 6) is 0.267. The van der Waals surface area contributed by atoms with Crippen molar-refractivity contribution < 1.29 is 4.52 Å². The van der Waals surface area contributed by atoms with Crippen molar-refractivity contribution in [2.24, 2.45) is 0 Å². The first-order valence-electron chi connectivity index (χ1n) is 6.03. The molecule has 0 radical (unpaired) electrons. The van der Waals surface area contributed by atoms with Crippen molar-refractivity contribution in [2.45, 2.75) is 0 Å². The van der Waals surface area contributed by atoms with E-state index in [0.717, 1.165) is 20.3 Å². The molecule has 1 heterocycles. The molecule has 0 bridgehead atoms. The van der Waals surface area contributed by atoms with E-state index in [2.05, 4.69) is 27.7 Å². The lowest BCUT2D eigenvalue weighted by Crippen LogP contribution is -1.89. The van der Waals surface area contributed by atoms with E-state index in [-0.39, 0.29) is 5.88 Å². The Labute approximate surface area is 145 Å². The lowest BCUT2D eigenvalue weighted by atomic mass is 10.0. The Bertz CT molecular complexity index is 800. The highest BCUT2D eigenvalue weighted by Crippen LogP contribution is 2.39. The van der Waals surface area contributed by atoms with Crippen LogP contribution in [0.1, 0.15) is 0 Å². The van der Waals surface area contributed by atoms with Gasteiger partial charge in [0.25, 0.3) is 0 Å². The summed E-state index contributed by atoms with van der Waals surface area (Å²) < 4.78 is 6.19. The van der Waals surface area contributed by atoms with Gasteiger partial charge in [-0.2, -0.15) is 0 Å². The van der Waals surface area contributed by atoms with Crippen molar-refractivity contribution in [3.8, 4) is 22.4 Å². The Kier molecular flexibility index (Phi) is 4.10. The van der Waals surface area contributed by atoms with Gasteiger partial charge in [-0.05, 0) is 58.5 Å². The van der Waals surface area contributed by atoms with E-state index in [0.29, 0.717) is 15.7 Å². The maximum absolute atomic E-state index is 6.08. The summed E-state index contributed by atoms with van der Waals surface area (Å²) >= 11 is 14.2. The SMILES string of the molecule is Nc1onc(-c2cc(Cl)ccc2I)c1-c1ccc(Cl)cc1. The van der Waals surface area contributed by atoms with Crippen LogP contribution < -0.4 is 5.73 Å². The van der Waals surface area contributed by atoms with Crippen LogP contribution in [-0.2, 0) is 0 Å². The van der Waals surface area contributed by atoms with Crippen LogP contribution in [-0.4, -0.2) is 5.16 Å². The average Bonchev–Trinajstić information content (AvgIpc) is 2.84. The van der Waals surface area contributed by atoms with Crippen LogP contribution in [0.4, 0.5) is 5.88 Å². The van der Waals surface area contributed by atoms with Gasteiger partial charge in [-0.3, -0.25) is 0 Å². The third kappa shape index (κ3) is 2.88.